The van der Waals surface area contributed by atoms with Crippen LogP contribution in [-0.4, -0.2) is 60.7 Å². The molecule has 3 aromatic carbocycles. The van der Waals surface area contributed by atoms with Gasteiger partial charge in [-0.15, -0.1) is 11.3 Å². The topological polar surface area (TPSA) is 168 Å². The summed E-state index contributed by atoms with van der Waals surface area (Å²) >= 11 is 1.57. The molecule has 0 saturated carbocycles. The van der Waals surface area contributed by atoms with Crippen molar-refractivity contribution in [2.45, 2.75) is 123 Å². The van der Waals surface area contributed by atoms with Gasteiger partial charge in [-0.1, -0.05) is 93.9 Å². The number of nitrogens with one attached hydrogen (secondary N) is 2. The van der Waals surface area contributed by atoms with Crippen molar-refractivity contribution in [1.29, 1.82) is 0 Å². The minimum atomic E-state index is -3.80. The summed E-state index contributed by atoms with van der Waals surface area (Å²) < 4.78 is 38.8. The Hall–Kier alpha value is -5.05. The maximum atomic E-state index is 14.0. The number of thiophene rings is 1. The molecule has 3 N–H and O–H groups in total. The Morgan fingerprint density at radius 1 is 0.850 bits per heavy atom. The third kappa shape index (κ3) is 13.0. The van der Waals surface area contributed by atoms with Crippen LogP contribution in [0.15, 0.2) is 95.2 Å². The smallest absolute Gasteiger partial charge is 0.415 e. The number of carbonyl (C=O) groups excluding carboxylic acids is 3. The van der Waals surface area contributed by atoms with E-state index in [4.69, 9.17) is 9.47 Å². The average Bonchev–Trinajstić information content (AvgIpc) is 3.73. The van der Waals surface area contributed by atoms with Gasteiger partial charge in [0.25, 0.3) is 0 Å². The molecule has 1 unspecified atom stereocenters. The van der Waals surface area contributed by atoms with Gasteiger partial charge in [0.2, 0.25) is 15.9 Å². The van der Waals surface area contributed by atoms with Crippen molar-refractivity contribution < 1.29 is 42.2 Å². The first kappa shape index (κ1) is 47.6. The van der Waals surface area contributed by atoms with E-state index in [2.05, 4.69) is 10.0 Å². The normalized spacial score (nSPS) is 16.0. The number of benzene rings is 3. The van der Waals surface area contributed by atoms with Crippen molar-refractivity contribution in [3.8, 4) is 0 Å². The Labute approximate surface area is 358 Å². The minimum Gasteiger partial charge on any atom is -0.480 e. The summed E-state index contributed by atoms with van der Waals surface area (Å²) in [5.41, 5.74) is 2.08. The number of ether oxygens (including phenoxy) is 2. The summed E-state index contributed by atoms with van der Waals surface area (Å²) in [5, 5.41) is 14.5. The van der Waals surface area contributed by atoms with Crippen LogP contribution < -0.4 is 14.9 Å². The van der Waals surface area contributed by atoms with Gasteiger partial charge in [-0.25, -0.2) is 18.0 Å². The largest absolute Gasteiger partial charge is 0.480 e. The van der Waals surface area contributed by atoms with E-state index in [0.717, 1.165) is 27.1 Å². The molecule has 0 spiro atoms. The van der Waals surface area contributed by atoms with E-state index >= 15 is 0 Å². The summed E-state index contributed by atoms with van der Waals surface area (Å²) in [6.45, 7) is 17.0. The molecule has 324 valence electrons. The van der Waals surface area contributed by atoms with Gasteiger partial charge in [0, 0.05) is 17.7 Å². The highest BCUT2D eigenvalue weighted by Gasteiger charge is 2.54. The molecule has 0 radical (unpaired) electrons. The molecule has 2 amide bonds. The fraction of sp³-hybridized carbons (Fsp3) is 0.435. The maximum Gasteiger partial charge on any atom is 0.415 e. The zero-order chi connectivity index (χ0) is 44.4. The number of amides is 2. The van der Waals surface area contributed by atoms with Gasteiger partial charge >= 0.3 is 18.0 Å². The lowest BCUT2D eigenvalue weighted by atomic mass is 9.85. The van der Waals surface area contributed by atoms with Crippen LogP contribution in [0.25, 0.3) is 0 Å². The molecule has 12 nitrogen and oxygen atoms in total. The fourth-order valence-electron chi connectivity index (χ4n) is 6.85. The fourth-order valence-corrected chi connectivity index (χ4v) is 8.77. The van der Waals surface area contributed by atoms with Gasteiger partial charge in [-0.3, -0.25) is 14.5 Å². The quantitative estimate of drug-likeness (QED) is 0.0995. The second kappa shape index (κ2) is 20.5. The van der Waals surface area contributed by atoms with E-state index in [9.17, 15) is 32.7 Å². The number of hydrogen-bond donors (Lipinski definition) is 3. The molecular formula is C46H59N3O9S2. The first-order valence-electron chi connectivity index (χ1n) is 20.1. The molecule has 0 saturated heterocycles. The van der Waals surface area contributed by atoms with E-state index in [1.54, 1.807) is 50.3 Å². The molecule has 4 aromatic rings. The molecule has 5 rings (SSSR count). The van der Waals surface area contributed by atoms with Crippen molar-refractivity contribution >= 4 is 51.0 Å². The second-order valence-corrected chi connectivity index (χ2v) is 19.9. The highest BCUT2D eigenvalue weighted by molar-refractivity contribution is 7.89. The molecule has 14 heteroatoms. The lowest BCUT2D eigenvalue weighted by Gasteiger charge is -2.39. The van der Waals surface area contributed by atoms with E-state index in [0.29, 0.717) is 12.1 Å². The second-order valence-electron chi connectivity index (χ2n) is 17.0. The Kier molecular flexibility index (Phi) is 16.3. The number of hydrogen-bond acceptors (Lipinski definition) is 9. The van der Waals surface area contributed by atoms with Crippen LogP contribution in [0.2, 0.25) is 0 Å². The Morgan fingerprint density at radius 3 is 2.02 bits per heavy atom. The summed E-state index contributed by atoms with van der Waals surface area (Å²) in [6, 6.07) is 23.1. The van der Waals surface area contributed by atoms with Gasteiger partial charge < -0.3 is 19.9 Å². The number of rotatable bonds is 15. The number of nitrogens with zero attached hydrogens (tertiary/aromatic N) is 1. The van der Waals surface area contributed by atoms with Gasteiger partial charge in [-0.05, 0) is 106 Å². The minimum absolute atomic E-state index is 0.0687. The standard InChI is InChI=1S/C26H34N2O5S.C20H25NO4S/c1-16(2)13-20(22(29)30)27-23(31)26(14-18-11-12-34-17(18)3)15-19-9-7-8-10-21(19)28(26)24(32)33-25(4,5)6;1-15(2)13-19(20(22)25-14-17-7-5-4-6-8-17)21-26(23,24)18-11-9-16(3)10-12-18/h7-12,16,20H,13-15H2,1-6H3,(H,27,31)(H,29,30);4-12,15,19,21H,13-14H2,1-3H3/t20-,26?;19-/m01/s1. The number of aryl methyl sites for hydroxylation is 2. The summed E-state index contributed by atoms with van der Waals surface area (Å²) in [4.78, 5) is 54.6. The molecule has 0 fully saturated rings. The zero-order valence-corrected chi connectivity index (χ0v) is 37.6. The number of esters is 1. The molecule has 1 aromatic heterocycles. The number of aliphatic carboxylic acids is 1. The summed E-state index contributed by atoms with van der Waals surface area (Å²) in [6.07, 6.45) is 0.525. The van der Waals surface area contributed by atoms with E-state index in [-0.39, 0.29) is 42.6 Å². The van der Waals surface area contributed by atoms with Crippen LogP contribution in [0.4, 0.5) is 10.5 Å². The summed E-state index contributed by atoms with van der Waals surface area (Å²) in [5.74, 6) is -1.96. The van der Waals surface area contributed by atoms with Crippen LogP contribution >= 0.6 is 11.3 Å². The molecule has 0 bridgehead atoms. The maximum absolute atomic E-state index is 14.0. The van der Waals surface area contributed by atoms with Gasteiger partial charge in [0.1, 0.15) is 29.8 Å². The number of fused-ring (bicyclic) bond motifs is 1. The van der Waals surface area contributed by atoms with Crippen LogP contribution in [0.5, 0.6) is 0 Å². The number of carbonyl (C=O) groups is 4. The van der Waals surface area contributed by atoms with Gasteiger partial charge in [-0.2, -0.15) is 4.72 Å². The van der Waals surface area contributed by atoms with Crippen LogP contribution in [0, 0.1) is 25.7 Å². The third-order valence-electron chi connectivity index (χ3n) is 9.75. The van der Waals surface area contributed by atoms with Crippen molar-refractivity contribution in [1.82, 2.24) is 10.0 Å². The van der Waals surface area contributed by atoms with Crippen LogP contribution in [-0.2, 0) is 53.3 Å². The van der Waals surface area contributed by atoms with Crippen molar-refractivity contribution in [2.24, 2.45) is 11.8 Å². The molecule has 3 atom stereocenters. The number of carboxylic acid groups (broad SMARTS) is 1. The molecule has 1 aliphatic heterocycles. The third-order valence-corrected chi connectivity index (χ3v) is 12.1. The number of sulfonamides is 1. The first-order valence-corrected chi connectivity index (χ1v) is 22.5. The Bertz CT molecular complexity index is 2200. The lowest BCUT2D eigenvalue weighted by molar-refractivity contribution is -0.147. The lowest BCUT2D eigenvalue weighted by Crippen LogP contribution is -2.63. The number of para-hydroxylation sites is 1. The first-order chi connectivity index (χ1) is 28.1. The SMILES string of the molecule is Cc1ccc(S(=O)(=O)N[C@H](CC(C)C)C(=O)OCc2ccccc2)cc1.Cc1sccc1CC1(C(=O)N[C@@H](CC(C)C)C(=O)O)Cc2ccccc2N1C(=O)OC(C)(C)C. The number of anilines is 1. The monoisotopic (exact) mass is 861 g/mol. The Balaban J connectivity index is 0.000000275. The molecular weight excluding hydrogens is 803 g/mol. The predicted molar refractivity (Wildman–Crippen MR) is 234 cm³/mol. The average molecular weight is 862 g/mol. The van der Waals surface area contributed by atoms with Crippen LogP contribution in [0.1, 0.15) is 88.4 Å². The molecule has 0 aliphatic carbocycles. The predicted octanol–water partition coefficient (Wildman–Crippen LogP) is 8.38. The molecule has 2 heterocycles. The van der Waals surface area contributed by atoms with Gasteiger partial charge in [0.05, 0.1) is 10.6 Å². The van der Waals surface area contributed by atoms with E-state index < -0.39 is 57.2 Å². The van der Waals surface area contributed by atoms with Gasteiger partial charge in [0.15, 0.2) is 0 Å². The molecule has 1 aliphatic rings. The van der Waals surface area contributed by atoms with E-state index in [1.807, 2.05) is 102 Å². The van der Waals surface area contributed by atoms with Crippen molar-refractivity contribution in [3.63, 3.8) is 0 Å². The molecule has 60 heavy (non-hydrogen) atoms. The highest BCUT2D eigenvalue weighted by Crippen LogP contribution is 2.43. The Morgan fingerprint density at radius 2 is 1.45 bits per heavy atom. The zero-order valence-electron chi connectivity index (χ0n) is 36.0. The summed E-state index contributed by atoms with van der Waals surface area (Å²) in [7, 11) is -3.80. The van der Waals surface area contributed by atoms with Crippen LogP contribution in [0.3, 0.4) is 0 Å². The van der Waals surface area contributed by atoms with Crippen molar-refractivity contribution in [3.05, 3.63) is 117 Å². The van der Waals surface area contributed by atoms with Crippen molar-refractivity contribution in [2.75, 3.05) is 4.90 Å². The number of carboxylic acids is 1. The highest BCUT2D eigenvalue weighted by atomic mass is 32.2. The van der Waals surface area contributed by atoms with E-state index in [1.165, 1.54) is 17.0 Å².